The van der Waals surface area contributed by atoms with E-state index in [2.05, 4.69) is 26.0 Å². The van der Waals surface area contributed by atoms with Gasteiger partial charge in [0.15, 0.2) is 0 Å². The van der Waals surface area contributed by atoms with E-state index < -0.39 is 17.3 Å². The van der Waals surface area contributed by atoms with Crippen LogP contribution in [0.5, 0.6) is 0 Å². The summed E-state index contributed by atoms with van der Waals surface area (Å²) in [4.78, 5) is 30.7. The van der Waals surface area contributed by atoms with Crippen molar-refractivity contribution in [2.24, 2.45) is 0 Å². The fraction of sp³-hybridized carbons (Fsp3) is 0.542. The smallest absolute Gasteiger partial charge is 0.423 e. The highest BCUT2D eigenvalue weighted by Crippen LogP contribution is 2.36. The molecular weight excluding hydrogens is 507 g/mol. The number of hydrogen-bond donors (Lipinski definition) is 2. The van der Waals surface area contributed by atoms with Crippen LogP contribution in [0.3, 0.4) is 0 Å². The first-order chi connectivity index (χ1) is 18.3. The van der Waals surface area contributed by atoms with Gasteiger partial charge in [-0.1, -0.05) is 0 Å². The molecule has 2 fully saturated rings. The molecule has 2 aromatic heterocycles. The number of carboxylic acid groups (broad SMARTS) is 1. The molecule has 14 heteroatoms. The van der Waals surface area contributed by atoms with Crippen molar-refractivity contribution in [3.8, 4) is 6.07 Å². The van der Waals surface area contributed by atoms with Crippen molar-refractivity contribution in [3.05, 3.63) is 46.0 Å². The number of pyridine rings is 1. The van der Waals surface area contributed by atoms with Crippen LogP contribution in [0, 0.1) is 11.3 Å². The van der Waals surface area contributed by atoms with Gasteiger partial charge in [-0.3, -0.25) is 14.5 Å². The summed E-state index contributed by atoms with van der Waals surface area (Å²) in [6.45, 7) is 5.37. The van der Waals surface area contributed by atoms with Crippen LogP contribution in [0.15, 0.2) is 29.3 Å². The Kier molecular flexibility index (Phi) is 10.4. The molecule has 0 spiro atoms. The van der Waals surface area contributed by atoms with E-state index in [4.69, 9.17) is 19.9 Å². The van der Waals surface area contributed by atoms with Crippen molar-refractivity contribution in [2.45, 2.75) is 31.5 Å². The second-order valence-electron chi connectivity index (χ2n) is 8.83. The zero-order valence-corrected chi connectivity index (χ0v) is 20.7. The summed E-state index contributed by atoms with van der Waals surface area (Å²) in [6, 6.07) is 5.49. The van der Waals surface area contributed by atoms with Crippen molar-refractivity contribution in [2.75, 3.05) is 62.3 Å². The van der Waals surface area contributed by atoms with E-state index in [0.29, 0.717) is 31.7 Å². The topological polar surface area (TPSA) is 139 Å². The van der Waals surface area contributed by atoms with E-state index >= 15 is 0 Å². The van der Waals surface area contributed by atoms with E-state index in [-0.39, 0.29) is 18.2 Å². The van der Waals surface area contributed by atoms with Gasteiger partial charge in [-0.05, 0) is 31.4 Å². The third-order valence-electron chi connectivity index (χ3n) is 6.45. The number of ether oxygens (including phenoxy) is 1. The minimum atomic E-state index is -4.75. The third-order valence-corrected chi connectivity index (χ3v) is 6.45. The number of piperazine rings is 1. The largest absolute Gasteiger partial charge is 0.483 e. The Bertz CT molecular complexity index is 1130. The van der Waals surface area contributed by atoms with Crippen molar-refractivity contribution in [1.82, 2.24) is 20.1 Å². The third kappa shape index (κ3) is 7.65. The summed E-state index contributed by atoms with van der Waals surface area (Å²) in [5.41, 5.74) is -2.06. The quantitative estimate of drug-likeness (QED) is 0.380. The van der Waals surface area contributed by atoms with Gasteiger partial charge in [-0.25, -0.2) is 10.1 Å². The fourth-order valence-electron chi connectivity index (χ4n) is 4.66. The molecule has 4 rings (SSSR count). The van der Waals surface area contributed by atoms with E-state index in [1.165, 1.54) is 0 Å². The zero-order chi connectivity index (χ0) is 27.5. The first-order valence-electron chi connectivity index (χ1n) is 12.2. The van der Waals surface area contributed by atoms with Crippen LogP contribution in [0.4, 0.5) is 24.7 Å². The molecule has 0 amide bonds. The van der Waals surface area contributed by atoms with E-state index in [9.17, 15) is 18.0 Å². The lowest BCUT2D eigenvalue weighted by atomic mass is 10.2. The number of rotatable bonds is 8. The number of alkyl halides is 3. The Morgan fingerprint density at radius 1 is 1.21 bits per heavy atom. The second kappa shape index (κ2) is 13.7. The zero-order valence-electron chi connectivity index (χ0n) is 20.7. The molecule has 2 aliphatic heterocycles. The van der Waals surface area contributed by atoms with Gasteiger partial charge in [-0.15, -0.1) is 0 Å². The predicted molar refractivity (Wildman–Crippen MR) is 132 cm³/mol. The highest BCUT2D eigenvalue weighted by molar-refractivity contribution is 5.54. The van der Waals surface area contributed by atoms with Crippen molar-refractivity contribution in [1.29, 1.82) is 5.26 Å². The normalized spacial score (nSPS) is 18.0. The number of aromatic amines is 1. The summed E-state index contributed by atoms with van der Waals surface area (Å²) in [5.74, 6) is 0.873. The molecule has 206 valence electrons. The second-order valence-corrected chi connectivity index (χ2v) is 8.83. The number of H-pyrrole nitrogens is 1. The van der Waals surface area contributed by atoms with Crippen LogP contribution in [-0.4, -0.2) is 90.2 Å². The maximum absolute atomic E-state index is 13.4. The average molecular weight is 538 g/mol. The minimum absolute atomic E-state index is 0.179. The number of carbonyl (C=O) groups is 1. The molecule has 0 aliphatic carbocycles. The van der Waals surface area contributed by atoms with Crippen molar-refractivity contribution >= 4 is 18.0 Å². The van der Waals surface area contributed by atoms with Crippen LogP contribution in [0.1, 0.15) is 30.4 Å². The number of anilines is 2. The molecule has 38 heavy (non-hydrogen) atoms. The van der Waals surface area contributed by atoms with Gasteiger partial charge >= 0.3 is 6.18 Å². The number of hydrogen-bond acceptors (Lipinski definition) is 9. The maximum Gasteiger partial charge on any atom is 0.423 e. The van der Waals surface area contributed by atoms with Crippen LogP contribution in [-0.2, 0) is 15.7 Å². The Labute approximate surface area is 217 Å². The van der Waals surface area contributed by atoms with Crippen molar-refractivity contribution < 1.29 is 27.8 Å². The summed E-state index contributed by atoms with van der Waals surface area (Å²) < 4.78 is 46.2. The molecule has 2 N–H and O–H groups in total. The van der Waals surface area contributed by atoms with Crippen LogP contribution in [0.2, 0.25) is 0 Å². The standard InChI is InChI=1S/C23H28F3N7O2.CH2O2/c24-23(25,26)21-19(15-29-30-22(21)34)33-7-1-3-18(33)16-35-12-2-6-31-8-10-32(11-9-31)20-5-4-17(13-27)14-28-20;2-1-3/h4-5,14-15,18H,1-3,6-12,16H2,(H,30,34);1H,(H,2,3)/t18-;/m0./s1. The Hall–Kier alpha value is -3.70. The lowest BCUT2D eigenvalue weighted by molar-refractivity contribution is -0.138. The summed E-state index contributed by atoms with van der Waals surface area (Å²) in [6.07, 6.45) is 0.171. The molecule has 11 nitrogen and oxygen atoms in total. The molecule has 0 aromatic carbocycles. The lowest BCUT2D eigenvalue weighted by Gasteiger charge is -2.35. The molecule has 0 unspecified atom stereocenters. The fourth-order valence-corrected chi connectivity index (χ4v) is 4.66. The van der Waals surface area contributed by atoms with Gasteiger partial charge < -0.3 is 19.6 Å². The van der Waals surface area contributed by atoms with Crippen LogP contribution < -0.4 is 15.4 Å². The number of nitrogens with one attached hydrogen (secondary N) is 1. The maximum atomic E-state index is 13.4. The van der Waals surface area contributed by atoms with E-state index in [0.717, 1.165) is 57.6 Å². The highest BCUT2D eigenvalue weighted by Gasteiger charge is 2.40. The predicted octanol–water partition coefficient (Wildman–Crippen LogP) is 1.95. The first-order valence-corrected chi connectivity index (χ1v) is 12.2. The number of nitrogens with zero attached hydrogens (tertiary/aromatic N) is 6. The highest BCUT2D eigenvalue weighted by atomic mass is 19.4. The number of nitriles is 1. The first kappa shape index (κ1) is 28.9. The SMILES string of the molecule is N#Cc1ccc(N2CCN(CCCOC[C@@H]3CCCN3c3cn[nH]c(=O)c3C(F)(F)F)CC2)nc1.O=CO. The molecule has 2 saturated heterocycles. The molecule has 1 atom stereocenters. The molecule has 2 aliphatic rings. The van der Waals surface area contributed by atoms with Gasteiger partial charge in [0.05, 0.1) is 30.1 Å². The van der Waals surface area contributed by atoms with Crippen molar-refractivity contribution in [3.63, 3.8) is 0 Å². The Morgan fingerprint density at radius 2 is 1.95 bits per heavy atom. The van der Waals surface area contributed by atoms with Crippen LogP contribution >= 0.6 is 0 Å². The molecular formula is C24H30F3N7O4. The molecule has 4 heterocycles. The summed E-state index contributed by atoms with van der Waals surface area (Å²) >= 11 is 0. The number of aromatic nitrogens is 3. The van der Waals surface area contributed by atoms with Gasteiger partial charge in [0.25, 0.3) is 12.0 Å². The van der Waals surface area contributed by atoms with E-state index in [1.807, 2.05) is 11.2 Å². The minimum Gasteiger partial charge on any atom is -0.483 e. The van der Waals surface area contributed by atoms with Gasteiger partial charge in [-0.2, -0.15) is 23.5 Å². The monoisotopic (exact) mass is 537 g/mol. The number of halogens is 3. The van der Waals surface area contributed by atoms with Gasteiger partial charge in [0, 0.05) is 52.1 Å². The average Bonchev–Trinajstić information content (AvgIpc) is 3.37. The Balaban J connectivity index is 0.00000127. The molecule has 0 radical (unpaired) electrons. The summed E-state index contributed by atoms with van der Waals surface area (Å²) in [5, 5.41) is 21.3. The van der Waals surface area contributed by atoms with E-state index in [1.54, 1.807) is 17.2 Å². The van der Waals surface area contributed by atoms with Gasteiger partial charge in [0.2, 0.25) is 0 Å². The Morgan fingerprint density at radius 3 is 2.58 bits per heavy atom. The van der Waals surface area contributed by atoms with Crippen LogP contribution in [0.25, 0.3) is 0 Å². The summed E-state index contributed by atoms with van der Waals surface area (Å²) in [7, 11) is 0. The molecule has 0 bridgehead atoms. The van der Waals surface area contributed by atoms with Gasteiger partial charge in [0.1, 0.15) is 17.5 Å². The lowest BCUT2D eigenvalue weighted by Crippen LogP contribution is -2.47. The molecule has 0 saturated carbocycles. The molecule has 2 aromatic rings.